The number of benzene rings is 2. The zero-order valence-electron chi connectivity index (χ0n) is 17.2. The van der Waals surface area contributed by atoms with Gasteiger partial charge >= 0.3 is 0 Å². The zero-order valence-corrected chi connectivity index (χ0v) is 18.1. The molecule has 0 radical (unpaired) electrons. The van der Waals surface area contributed by atoms with Gasteiger partial charge in [0, 0.05) is 18.8 Å². The maximum absolute atomic E-state index is 13.1. The monoisotopic (exact) mass is 430 g/mol. The van der Waals surface area contributed by atoms with Gasteiger partial charge in [-0.1, -0.05) is 48.5 Å². The number of amides is 1. The van der Waals surface area contributed by atoms with E-state index in [0.29, 0.717) is 17.8 Å². The largest absolute Gasteiger partial charge is 0.357 e. The van der Waals surface area contributed by atoms with Crippen molar-refractivity contribution in [2.45, 2.75) is 13.5 Å². The van der Waals surface area contributed by atoms with Crippen molar-refractivity contribution in [3.63, 3.8) is 0 Å². The molecule has 0 saturated carbocycles. The maximum atomic E-state index is 13.1. The molecule has 7 nitrogen and oxygen atoms in total. The minimum atomic E-state index is -0.320. The SMILES string of the molecule is Cc1cc(CNC(=S)NC(=O)c2cn(-c3ccccc3)nc2-c2ccccc2)n(C)n1. The molecule has 0 unspecified atom stereocenters. The van der Waals surface area contributed by atoms with Crippen LogP contribution >= 0.6 is 12.2 Å². The zero-order chi connectivity index (χ0) is 21.8. The average molecular weight is 431 g/mol. The number of carbonyl (C=O) groups excluding carboxylic acids is 1. The molecule has 31 heavy (non-hydrogen) atoms. The van der Waals surface area contributed by atoms with E-state index in [2.05, 4.69) is 20.8 Å². The van der Waals surface area contributed by atoms with Gasteiger partial charge in [-0.2, -0.15) is 10.2 Å². The van der Waals surface area contributed by atoms with E-state index in [-0.39, 0.29) is 11.0 Å². The molecule has 8 heteroatoms. The first-order valence-electron chi connectivity index (χ1n) is 9.80. The minimum Gasteiger partial charge on any atom is -0.357 e. The molecule has 0 aliphatic rings. The highest BCUT2D eigenvalue weighted by Gasteiger charge is 2.19. The molecule has 2 N–H and O–H groups in total. The smallest absolute Gasteiger partial charge is 0.261 e. The van der Waals surface area contributed by atoms with Crippen molar-refractivity contribution in [3.05, 3.63) is 89.9 Å². The van der Waals surface area contributed by atoms with Crippen LogP contribution in [0.25, 0.3) is 16.9 Å². The molecule has 156 valence electrons. The Bertz CT molecular complexity index is 1210. The van der Waals surface area contributed by atoms with Crippen LogP contribution in [0.1, 0.15) is 21.7 Å². The Balaban J connectivity index is 1.55. The van der Waals surface area contributed by atoms with Gasteiger partial charge in [0.1, 0.15) is 5.69 Å². The van der Waals surface area contributed by atoms with Crippen LogP contribution in [0.15, 0.2) is 72.9 Å². The maximum Gasteiger partial charge on any atom is 0.261 e. The lowest BCUT2D eigenvalue weighted by Gasteiger charge is -2.09. The lowest BCUT2D eigenvalue weighted by molar-refractivity contribution is 0.0977. The van der Waals surface area contributed by atoms with Crippen molar-refractivity contribution in [2.24, 2.45) is 7.05 Å². The standard InChI is InChI=1S/C23H22N6OS/c1-16-13-19(28(2)26-16)14-24-23(31)25-22(30)20-15-29(18-11-7-4-8-12-18)27-21(20)17-9-5-3-6-10-17/h3-13,15H,14H2,1-2H3,(H2,24,25,30,31). The van der Waals surface area contributed by atoms with Crippen molar-refractivity contribution < 1.29 is 4.79 Å². The van der Waals surface area contributed by atoms with Crippen molar-refractivity contribution in [1.82, 2.24) is 30.2 Å². The Labute approximate surface area is 185 Å². The molecule has 4 aromatic rings. The van der Waals surface area contributed by atoms with Gasteiger partial charge in [-0.3, -0.25) is 14.8 Å². The van der Waals surface area contributed by atoms with Crippen LogP contribution in [0.4, 0.5) is 0 Å². The van der Waals surface area contributed by atoms with E-state index < -0.39 is 0 Å². The highest BCUT2D eigenvalue weighted by Crippen LogP contribution is 2.23. The highest BCUT2D eigenvalue weighted by molar-refractivity contribution is 7.80. The third-order valence-corrected chi connectivity index (χ3v) is 5.03. The number of aryl methyl sites for hydroxylation is 2. The van der Waals surface area contributed by atoms with Gasteiger partial charge in [0.2, 0.25) is 0 Å². The Morgan fingerprint density at radius 2 is 1.71 bits per heavy atom. The summed E-state index contributed by atoms with van der Waals surface area (Å²) in [6.45, 7) is 2.39. The Hall–Kier alpha value is -3.78. The van der Waals surface area contributed by atoms with Gasteiger partial charge in [0.25, 0.3) is 5.91 Å². The second-order valence-electron chi connectivity index (χ2n) is 7.07. The summed E-state index contributed by atoms with van der Waals surface area (Å²) < 4.78 is 3.48. The van der Waals surface area contributed by atoms with Crippen LogP contribution in [0.3, 0.4) is 0 Å². The fraction of sp³-hybridized carbons (Fsp3) is 0.130. The van der Waals surface area contributed by atoms with E-state index in [9.17, 15) is 4.79 Å². The summed E-state index contributed by atoms with van der Waals surface area (Å²) in [4.78, 5) is 13.1. The fourth-order valence-corrected chi connectivity index (χ4v) is 3.44. The van der Waals surface area contributed by atoms with E-state index in [1.165, 1.54) is 0 Å². The van der Waals surface area contributed by atoms with E-state index in [1.54, 1.807) is 15.6 Å². The van der Waals surface area contributed by atoms with Gasteiger partial charge < -0.3 is 5.32 Å². The summed E-state index contributed by atoms with van der Waals surface area (Å²) in [5, 5.41) is 15.1. The molecule has 2 aromatic heterocycles. The Kier molecular flexibility index (Phi) is 5.90. The lowest BCUT2D eigenvalue weighted by Crippen LogP contribution is -2.39. The summed E-state index contributed by atoms with van der Waals surface area (Å²) >= 11 is 5.34. The fourth-order valence-electron chi connectivity index (χ4n) is 3.28. The molecular formula is C23H22N6OS. The van der Waals surface area contributed by atoms with Gasteiger partial charge in [-0.05, 0) is 37.3 Å². The van der Waals surface area contributed by atoms with Gasteiger partial charge in [0.15, 0.2) is 5.11 Å². The molecule has 0 spiro atoms. The number of hydrogen-bond donors (Lipinski definition) is 2. The molecule has 0 atom stereocenters. The molecule has 0 fully saturated rings. The predicted octanol–water partition coefficient (Wildman–Crippen LogP) is 3.39. The minimum absolute atomic E-state index is 0.246. The van der Waals surface area contributed by atoms with E-state index in [0.717, 1.165) is 22.6 Å². The van der Waals surface area contributed by atoms with Crippen LogP contribution in [-0.2, 0) is 13.6 Å². The van der Waals surface area contributed by atoms with Crippen molar-refractivity contribution in [2.75, 3.05) is 0 Å². The third-order valence-electron chi connectivity index (χ3n) is 4.78. The number of para-hydroxylation sites is 1. The van der Waals surface area contributed by atoms with Crippen molar-refractivity contribution in [3.8, 4) is 16.9 Å². The van der Waals surface area contributed by atoms with Crippen LogP contribution in [-0.4, -0.2) is 30.6 Å². The van der Waals surface area contributed by atoms with Gasteiger partial charge in [0.05, 0.1) is 29.2 Å². The molecule has 2 heterocycles. The number of aromatic nitrogens is 4. The van der Waals surface area contributed by atoms with Crippen LogP contribution in [0.2, 0.25) is 0 Å². The number of rotatable bonds is 5. The molecule has 0 aliphatic carbocycles. The Morgan fingerprint density at radius 3 is 2.35 bits per heavy atom. The van der Waals surface area contributed by atoms with E-state index >= 15 is 0 Å². The number of nitrogens with zero attached hydrogens (tertiary/aromatic N) is 4. The molecular weight excluding hydrogens is 408 g/mol. The van der Waals surface area contributed by atoms with E-state index in [4.69, 9.17) is 12.2 Å². The predicted molar refractivity (Wildman–Crippen MR) is 124 cm³/mol. The third kappa shape index (κ3) is 4.70. The first-order valence-corrected chi connectivity index (χ1v) is 10.2. The first kappa shape index (κ1) is 20.5. The average Bonchev–Trinajstić information content (AvgIpc) is 3.36. The molecule has 1 amide bonds. The van der Waals surface area contributed by atoms with Crippen molar-refractivity contribution in [1.29, 1.82) is 0 Å². The Morgan fingerprint density at radius 1 is 1.03 bits per heavy atom. The number of nitrogens with one attached hydrogen (secondary N) is 2. The number of thiocarbonyl (C=S) groups is 1. The van der Waals surface area contributed by atoms with Crippen LogP contribution in [0.5, 0.6) is 0 Å². The van der Waals surface area contributed by atoms with E-state index in [1.807, 2.05) is 80.7 Å². The number of carbonyl (C=O) groups is 1. The topological polar surface area (TPSA) is 76.8 Å². The molecule has 0 saturated heterocycles. The summed E-state index contributed by atoms with van der Waals surface area (Å²) in [6.07, 6.45) is 1.72. The second-order valence-corrected chi connectivity index (χ2v) is 7.48. The highest BCUT2D eigenvalue weighted by atomic mass is 32.1. The lowest BCUT2D eigenvalue weighted by atomic mass is 10.1. The van der Waals surface area contributed by atoms with Crippen molar-refractivity contribution >= 4 is 23.2 Å². The van der Waals surface area contributed by atoms with Gasteiger partial charge in [-0.25, -0.2) is 4.68 Å². The summed E-state index contributed by atoms with van der Waals surface area (Å²) in [5.41, 5.74) is 4.64. The van der Waals surface area contributed by atoms with Gasteiger partial charge in [-0.15, -0.1) is 0 Å². The summed E-state index contributed by atoms with van der Waals surface area (Å²) in [7, 11) is 1.87. The summed E-state index contributed by atoms with van der Waals surface area (Å²) in [5.74, 6) is -0.320. The molecule has 4 rings (SSSR count). The van der Waals surface area contributed by atoms with Crippen LogP contribution in [0, 0.1) is 6.92 Å². The quantitative estimate of drug-likeness (QED) is 0.475. The number of hydrogen-bond acceptors (Lipinski definition) is 4. The molecule has 2 aromatic carbocycles. The summed E-state index contributed by atoms with van der Waals surface area (Å²) in [6, 6.07) is 21.2. The molecule has 0 aliphatic heterocycles. The molecule has 0 bridgehead atoms. The van der Waals surface area contributed by atoms with Crippen LogP contribution < -0.4 is 10.6 Å². The second kappa shape index (κ2) is 8.93. The first-order chi connectivity index (χ1) is 15.0. The normalized spacial score (nSPS) is 10.6.